The number of aryl methyl sites for hydroxylation is 1. The van der Waals surface area contributed by atoms with E-state index in [9.17, 15) is 4.79 Å². The number of H-pyrrole nitrogens is 1. The summed E-state index contributed by atoms with van der Waals surface area (Å²) < 4.78 is 5.73. The second-order valence-electron chi connectivity index (χ2n) is 5.83. The van der Waals surface area contributed by atoms with Crippen LogP contribution in [0.25, 0.3) is 0 Å². The Labute approximate surface area is 148 Å². The molecule has 1 aromatic carbocycles. The average molecular weight is 342 g/mol. The van der Waals surface area contributed by atoms with Crippen molar-refractivity contribution in [3.63, 3.8) is 0 Å². The Morgan fingerprint density at radius 3 is 2.92 bits per heavy atom. The highest BCUT2D eigenvalue weighted by Gasteiger charge is 2.00. The Balaban J connectivity index is 1.94. The molecule has 1 heterocycles. The van der Waals surface area contributed by atoms with Crippen LogP contribution in [0.2, 0.25) is 0 Å². The predicted molar refractivity (Wildman–Crippen MR) is 102 cm³/mol. The first-order valence-electron chi connectivity index (χ1n) is 8.83. The summed E-state index contributed by atoms with van der Waals surface area (Å²) in [6, 6.07) is 9.24. The molecule has 0 fully saturated rings. The molecular weight excluding hydrogens is 316 g/mol. The number of nitrogens with one attached hydrogen (secondary N) is 2. The average Bonchev–Trinajstić information content (AvgIpc) is 2.59. The Morgan fingerprint density at radius 2 is 2.12 bits per heavy atom. The summed E-state index contributed by atoms with van der Waals surface area (Å²) >= 11 is 0. The van der Waals surface area contributed by atoms with E-state index in [1.165, 1.54) is 18.9 Å². The second kappa shape index (κ2) is 10.3. The molecule has 0 atom stereocenters. The van der Waals surface area contributed by atoms with Crippen molar-refractivity contribution in [1.29, 1.82) is 0 Å². The number of rotatable bonds is 10. The molecule has 1 aromatic heterocycles. The molecule has 0 unspecified atom stereocenters. The van der Waals surface area contributed by atoms with Crippen molar-refractivity contribution in [3.05, 3.63) is 51.9 Å². The topological polar surface area (TPSA) is 79.4 Å². The normalized spacial score (nSPS) is 11.0. The minimum atomic E-state index is -0.182. The third kappa shape index (κ3) is 6.79. The molecule has 2 rings (SSSR count). The van der Waals surface area contributed by atoms with Crippen LogP contribution in [0.4, 0.5) is 5.95 Å². The summed E-state index contributed by atoms with van der Waals surface area (Å²) in [6.07, 6.45) is 6.78. The zero-order valence-electron chi connectivity index (χ0n) is 14.9. The lowest BCUT2D eigenvalue weighted by molar-refractivity contribution is 0.306. The van der Waals surface area contributed by atoms with Gasteiger partial charge in [0.05, 0.1) is 12.8 Å². The quantitative estimate of drug-likeness (QED) is 0.392. The van der Waals surface area contributed by atoms with E-state index < -0.39 is 0 Å². The maximum atomic E-state index is 11.6. The van der Waals surface area contributed by atoms with E-state index in [0.717, 1.165) is 42.9 Å². The Morgan fingerprint density at radius 1 is 1.24 bits per heavy atom. The zero-order chi connectivity index (χ0) is 17.9. The smallest absolute Gasteiger partial charge is 0.252 e. The first kappa shape index (κ1) is 18.7. The highest BCUT2D eigenvalue weighted by Crippen LogP contribution is 2.13. The van der Waals surface area contributed by atoms with Crippen LogP contribution in [0.1, 0.15) is 50.8 Å². The number of aromatic nitrogens is 2. The summed E-state index contributed by atoms with van der Waals surface area (Å²) in [5.41, 5.74) is 4.26. The van der Waals surface area contributed by atoms with Crippen molar-refractivity contribution in [3.8, 4) is 5.75 Å². The van der Waals surface area contributed by atoms with Crippen LogP contribution in [0, 0.1) is 0 Å². The predicted octanol–water partition coefficient (Wildman–Crippen LogP) is 3.74. The molecule has 0 aliphatic rings. The largest absolute Gasteiger partial charge is 0.494 e. The lowest BCUT2D eigenvalue weighted by Crippen LogP contribution is -2.11. The fraction of sp³-hybridized carbons (Fsp3) is 0.421. The molecule has 2 aromatic rings. The van der Waals surface area contributed by atoms with E-state index in [1.807, 2.05) is 31.2 Å². The van der Waals surface area contributed by atoms with Crippen molar-refractivity contribution in [2.45, 2.75) is 46.0 Å². The van der Waals surface area contributed by atoms with Gasteiger partial charge in [0.25, 0.3) is 5.56 Å². The number of anilines is 1. The molecule has 0 aliphatic carbocycles. The maximum Gasteiger partial charge on any atom is 0.252 e. The van der Waals surface area contributed by atoms with Crippen LogP contribution in [0.5, 0.6) is 5.75 Å². The standard InChI is InChI=1S/C19H26N4O2/c1-3-5-6-11-25-17-10-7-9-15(12-17)14-20-23-19-21-16(8-4-2)13-18(24)22-19/h7,9-10,12-14H,3-6,8,11H2,1-2H3,(H2,21,22,23,24)/b20-14+. The first-order chi connectivity index (χ1) is 12.2. The molecule has 25 heavy (non-hydrogen) atoms. The first-order valence-corrected chi connectivity index (χ1v) is 8.83. The SMILES string of the molecule is CCCCCOc1cccc(/C=N/Nc2nc(CCC)cc(=O)[nH]2)c1. The number of nitrogens with zero attached hydrogens (tertiary/aromatic N) is 2. The van der Waals surface area contributed by atoms with E-state index in [0.29, 0.717) is 5.95 Å². The van der Waals surface area contributed by atoms with Crippen molar-refractivity contribution in [2.24, 2.45) is 5.10 Å². The minimum Gasteiger partial charge on any atom is -0.494 e. The summed E-state index contributed by atoms with van der Waals surface area (Å²) in [7, 11) is 0. The van der Waals surface area contributed by atoms with E-state index in [-0.39, 0.29) is 5.56 Å². The van der Waals surface area contributed by atoms with E-state index in [1.54, 1.807) is 6.21 Å². The van der Waals surface area contributed by atoms with Gasteiger partial charge in [-0.1, -0.05) is 45.2 Å². The molecule has 0 bridgehead atoms. The number of aromatic amines is 1. The van der Waals surface area contributed by atoms with Crippen molar-refractivity contribution in [2.75, 3.05) is 12.0 Å². The van der Waals surface area contributed by atoms with Crippen LogP contribution in [-0.4, -0.2) is 22.8 Å². The van der Waals surface area contributed by atoms with Gasteiger partial charge in [-0.15, -0.1) is 0 Å². The highest BCUT2D eigenvalue weighted by molar-refractivity contribution is 5.80. The van der Waals surface area contributed by atoms with Crippen LogP contribution in [0.15, 0.2) is 40.2 Å². The molecule has 2 N–H and O–H groups in total. The fourth-order valence-electron chi connectivity index (χ4n) is 2.34. The van der Waals surface area contributed by atoms with Gasteiger partial charge in [0.1, 0.15) is 5.75 Å². The third-order valence-corrected chi connectivity index (χ3v) is 3.56. The summed E-state index contributed by atoms with van der Waals surface area (Å²) in [5.74, 6) is 1.18. The molecular formula is C19H26N4O2. The van der Waals surface area contributed by atoms with Crippen LogP contribution < -0.4 is 15.7 Å². The van der Waals surface area contributed by atoms with Gasteiger partial charge in [-0.05, 0) is 30.5 Å². The molecule has 0 radical (unpaired) electrons. The van der Waals surface area contributed by atoms with E-state index >= 15 is 0 Å². The second-order valence-corrected chi connectivity index (χ2v) is 5.83. The molecule has 0 saturated carbocycles. The Hall–Kier alpha value is -2.63. The zero-order valence-corrected chi connectivity index (χ0v) is 14.9. The summed E-state index contributed by atoms with van der Waals surface area (Å²) in [5, 5.41) is 4.14. The van der Waals surface area contributed by atoms with Crippen molar-refractivity contribution in [1.82, 2.24) is 9.97 Å². The highest BCUT2D eigenvalue weighted by atomic mass is 16.5. The number of hydrogen-bond donors (Lipinski definition) is 2. The molecule has 0 spiro atoms. The third-order valence-electron chi connectivity index (χ3n) is 3.56. The van der Waals surface area contributed by atoms with Gasteiger partial charge in [-0.2, -0.15) is 5.10 Å². The monoisotopic (exact) mass is 342 g/mol. The van der Waals surface area contributed by atoms with Crippen LogP contribution >= 0.6 is 0 Å². The van der Waals surface area contributed by atoms with E-state index in [2.05, 4.69) is 27.4 Å². The van der Waals surface area contributed by atoms with Crippen LogP contribution in [-0.2, 0) is 6.42 Å². The fourth-order valence-corrected chi connectivity index (χ4v) is 2.34. The summed E-state index contributed by atoms with van der Waals surface area (Å²) in [6.45, 7) is 4.94. The minimum absolute atomic E-state index is 0.182. The van der Waals surface area contributed by atoms with Gasteiger partial charge in [-0.25, -0.2) is 10.4 Å². The molecule has 0 amide bonds. The maximum absolute atomic E-state index is 11.6. The summed E-state index contributed by atoms with van der Waals surface area (Å²) in [4.78, 5) is 18.6. The lowest BCUT2D eigenvalue weighted by atomic mass is 10.2. The number of hydrazone groups is 1. The number of unbranched alkanes of at least 4 members (excludes halogenated alkanes) is 2. The van der Waals surface area contributed by atoms with Gasteiger partial charge in [0.2, 0.25) is 5.95 Å². The Kier molecular flexibility index (Phi) is 7.69. The van der Waals surface area contributed by atoms with E-state index in [4.69, 9.17) is 4.74 Å². The lowest BCUT2D eigenvalue weighted by Gasteiger charge is -2.06. The number of benzene rings is 1. The van der Waals surface area contributed by atoms with Gasteiger partial charge in [-0.3, -0.25) is 9.78 Å². The van der Waals surface area contributed by atoms with Gasteiger partial charge in [0.15, 0.2) is 0 Å². The van der Waals surface area contributed by atoms with Gasteiger partial charge >= 0.3 is 0 Å². The Bertz CT molecular complexity index is 740. The van der Waals surface area contributed by atoms with Crippen molar-refractivity contribution >= 4 is 12.2 Å². The van der Waals surface area contributed by atoms with Crippen molar-refractivity contribution < 1.29 is 4.74 Å². The van der Waals surface area contributed by atoms with Gasteiger partial charge < -0.3 is 4.74 Å². The number of ether oxygens (including phenoxy) is 1. The van der Waals surface area contributed by atoms with Crippen LogP contribution in [0.3, 0.4) is 0 Å². The van der Waals surface area contributed by atoms with Gasteiger partial charge in [0, 0.05) is 11.8 Å². The molecule has 0 aliphatic heterocycles. The molecule has 6 nitrogen and oxygen atoms in total. The number of hydrogen-bond acceptors (Lipinski definition) is 5. The molecule has 6 heteroatoms. The molecule has 0 saturated heterocycles. The molecule has 134 valence electrons.